The molecule has 0 spiro atoms. The number of carbonyl (C=O) groups excluding carboxylic acids is 1. The zero-order valence-corrected chi connectivity index (χ0v) is 10.9. The quantitative estimate of drug-likeness (QED) is 0.819. The van der Waals surface area contributed by atoms with Gasteiger partial charge in [-0.2, -0.15) is 0 Å². The lowest BCUT2D eigenvalue weighted by molar-refractivity contribution is 0.0919. The van der Waals surface area contributed by atoms with Crippen molar-refractivity contribution in [3.63, 3.8) is 0 Å². The minimum absolute atomic E-state index is 0.122. The first-order chi connectivity index (χ1) is 9.60. The Hall–Kier alpha value is -2.69. The highest BCUT2D eigenvalue weighted by Gasteiger charge is 2.12. The van der Waals surface area contributed by atoms with Gasteiger partial charge in [0.1, 0.15) is 23.0 Å². The first kappa shape index (κ1) is 13.7. The molecule has 0 aromatic heterocycles. The van der Waals surface area contributed by atoms with Crippen LogP contribution in [0.2, 0.25) is 0 Å². The molecular formula is C15H14O5. The van der Waals surface area contributed by atoms with E-state index in [1.54, 1.807) is 18.2 Å². The summed E-state index contributed by atoms with van der Waals surface area (Å²) < 4.78 is 10.2. The average Bonchev–Trinajstić information content (AvgIpc) is 2.46. The van der Waals surface area contributed by atoms with Crippen molar-refractivity contribution in [2.24, 2.45) is 0 Å². The minimum atomic E-state index is -0.349. The maximum atomic E-state index is 11.9. The minimum Gasteiger partial charge on any atom is -0.508 e. The number of phenolic OH excluding ortho intramolecular Hbond substituents is 2. The predicted octanol–water partition coefficient (Wildman–Crippen LogP) is 2.37. The Morgan fingerprint density at radius 1 is 1.05 bits per heavy atom. The molecule has 2 N–H and O–H groups in total. The number of Topliss-reactive ketones (excluding diaryl/α,β-unsaturated/α-hetero) is 1. The number of phenols is 2. The zero-order valence-electron chi connectivity index (χ0n) is 10.9. The standard InChI is InChI=1S/C15H14O5/c1-19-12-6-7-13(14(17)8-12)15(18)9-20-11-4-2-10(16)3-5-11/h2-8,16-17H,9H2,1H3. The van der Waals surface area contributed by atoms with E-state index in [1.807, 2.05) is 0 Å². The van der Waals surface area contributed by atoms with Gasteiger partial charge in [0.15, 0.2) is 6.61 Å². The predicted molar refractivity (Wildman–Crippen MR) is 72.6 cm³/mol. The van der Waals surface area contributed by atoms with Crippen LogP contribution in [0.15, 0.2) is 42.5 Å². The Kier molecular flexibility index (Phi) is 4.10. The number of benzene rings is 2. The Morgan fingerprint density at radius 3 is 2.30 bits per heavy atom. The fourth-order valence-electron chi connectivity index (χ4n) is 1.64. The van der Waals surface area contributed by atoms with Gasteiger partial charge in [0, 0.05) is 6.07 Å². The van der Waals surface area contributed by atoms with Gasteiger partial charge in [-0.1, -0.05) is 0 Å². The molecule has 0 amide bonds. The summed E-state index contributed by atoms with van der Waals surface area (Å²) in [6.07, 6.45) is 0. The van der Waals surface area contributed by atoms with Gasteiger partial charge in [0.2, 0.25) is 5.78 Å². The van der Waals surface area contributed by atoms with Crippen LogP contribution in [-0.4, -0.2) is 29.7 Å². The summed E-state index contributed by atoms with van der Waals surface area (Å²) in [6.45, 7) is -0.204. The van der Waals surface area contributed by atoms with E-state index >= 15 is 0 Å². The van der Waals surface area contributed by atoms with Gasteiger partial charge < -0.3 is 19.7 Å². The summed E-state index contributed by atoms with van der Waals surface area (Å²) in [6, 6.07) is 10.5. The summed E-state index contributed by atoms with van der Waals surface area (Å²) in [5, 5.41) is 18.9. The normalized spacial score (nSPS) is 10.1. The van der Waals surface area contributed by atoms with Crippen LogP contribution in [0.3, 0.4) is 0 Å². The van der Waals surface area contributed by atoms with E-state index in [1.165, 1.54) is 31.4 Å². The van der Waals surface area contributed by atoms with E-state index in [-0.39, 0.29) is 29.5 Å². The van der Waals surface area contributed by atoms with Crippen molar-refractivity contribution in [2.75, 3.05) is 13.7 Å². The molecule has 0 aliphatic carbocycles. The molecule has 0 aliphatic rings. The molecule has 0 bridgehead atoms. The van der Waals surface area contributed by atoms with Crippen molar-refractivity contribution in [3.8, 4) is 23.0 Å². The molecule has 2 aromatic carbocycles. The van der Waals surface area contributed by atoms with Gasteiger partial charge in [-0.05, 0) is 36.4 Å². The van der Waals surface area contributed by atoms with Gasteiger partial charge in [-0.3, -0.25) is 4.79 Å². The second kappa shape index (κ2) is 5.97. The Morgan fingerprint density at radius 2 is 1.70 bits per heavy atom. The first-order valence-electron chi connectivity index (χ1n) is 5.92. The van der Waals surface area contributed by atoms with Crippen molar-refractivity contribution >= 4 is 5.78 Å². The topological polar surface area (TPSA) is 76.0 Å². The maximum Gasteiger partial charge on any atom is 0.203 e. The molecule has 0 saturated heterocycles. The third-order valence-corrected chi connectivity index (χ3v) is 2.71. The van der Waals surface area contributed by atoms with E-state index in [0.717, 1.165) is 0 Å². The fourth-order valence-corrected chi connectivity index (χ4v) is 1.64. The number of ketones is 1. The molecule has 5 nitrogen and oxygen atoms in total. The van der Waals surface area contributed by atoms with E-state index in [2.05, 4.69) is 0 Å². The van der Waals surface area contributed by atoms with Crippen LogP contribution in [0.25, 0.3) is 0 Å². The van der Waals surface area contributed by atoms with Crippen LogP contribution in [0.1, 0.15) is 10.4 Å². The molecule has 0 atom stereocenters. The lowest BCUT2D eigenvalue weighted by Gasteiger charge is -2.08. The highest BCUT2D eigenvalue weighted by molar-refractivity contribution is 5.99. The lowest BCUT2D eigenvalue weighted by atomic mass is 10.1. The molecule has 2 aromatic rings. The van der Waals surface area contributed by atoms with Crippen LogP contribution >= 0.6 is 0 Å². The van der Waals surface area contributed by atoms with Crippen LogP contribution in [-0.2, 0) is 0 Å². The number of ether oxygens (including phenoxy) is 2. The van der Waals surface area contributed by atoms with Crippen molar-refractivity contribution in [1.29, 1.82) is 0 Å². The number of hydrogen-bond acceptors (Lipinski definition) is 5. The SMILES string of the molecule is COc1ccc(C(=O)COc2ccc(O)cc2)c(O)c1. The van der Waals surface area contributed by atoms with Gasteiger partial charge in [-0.25, -0.2) is 0 Å². The molecule has 0 fully saturated rings. The number of hydrogen-bond donors (Lipinski definition) is 2. The molecule has 0 heterocycles. The van der Waals surface area contributed by atoms with Gasteiger partial charge in [0.05, 0.1) is 12.7 Å². The summed E-state index contributed by atoms with van der Waals surface area (Å²) in [5.41, 5.74) is 0.171. The Balaban J connectivity index is 2.03. The van der Waals surface area contributed by atoms with Crippen LogP contribution < -0.4 is 9.47 Å². The van der Waals surface area contributed by atoms with E-state index in [4.69, 9.17) is 14.6 Å². The lowest BCUT2D eigenvalue weighted by Crippen LogP contribution is -2.11. The molecule has 104 valence electrons. The second-order valence-corrected chi connectivity index (χ2v) is 4.09. The number of aromatic hydroxyl groups is 2. The third kappa shape index (κ3) is 3.20. The van der Waals surface area contributed by atoms with Gasteiger partial charge in [0.25, 0.3) is 0 Å². The first-order valence-corrected chi connectivity index (χ1v) is 5.92. The molecule has 0 radical (unpaired) electrons. The van der Waals surface area contributed by atoms with Crippen molar-refractivity contribution < 1.29 is 24.5 Å². The molecule has 20 heavy (non-hydrogen) atoms. The van der Waals surface area contributed by atoms with Gasteiger partial charge >= 0.3 is 0 Å². The number of carbonyl (C=O) groups is 1. The fraction of sp³-hybridized carbons (Fsp3) is 0.133. The highest BCUT2D eigenvalue weighted by atomic mass is 16.5. The molecule has 0 unspecified atom stereocenters. The summed E-state index contributed by atoms with van der Waals surface area (Å²) in [7, 11) is 1.48. The zero-order chi connectivity index (χ0) is 14.5. The smallest absolute Gasteiger partial charge is 0.203 e. The largest absolute Gasteiger partial charge is 0.508 e. The van der Waals surface area contributed by atoms with Crippen molar-refractivity contribution in [1.82, 2.24) is 0 Å². The van der Waals surface area contributed by atoms with Crippen molar-refractivity contribution in [2.45, 2.75) is 0 Å². The van der Waals surface area contributed by atoms with Crippen LogP contribution in [0.4, 0.5) is 0 Å². The average molecular weight is 274 g/mol. The van der Waals surface area contributed by atoms with Crippen LogP contribution in [0.5, 0.6) is 23.0 Å². The molecule has 2 rings (SSSR count). The van der Waals surface area contributed by atoms with E-state index in [9.17, 15) is 9.90 Å². The highest BCUT2D eigenvalue weighted by Crippen LogP contribution is 2.24. The monoisotopic (exact) mass is 274 g/mol. The van der Waals surface area contributed by atoms with E-state index in [0.29, 0.717) is 11.5 Å². The van der Waals surface area contributed by atoms with Gasteiger partial charge in [-0.15, -0.1) is 0 Å². The molecule has 0 saturated carbocycles. The van der Waals surface area contributed by atoms with E-state index < -0.39 is 0 Å². The summed E-state index contributed by atoms with van der Waals surface area (Å²) >= 11 is 0. The summed E-state index contributed by atoms with van der Waals surface area (Å²) in [4.78, 5) is 11.9. The Bertz CT molecular complexity index is 604. The van der Waals surface area contributed by atoms with Crippen molar-refractivity contribution in [3.05, 3.63) is 48.0 Å². The summed E-state index contributed by atoms with van der Waals surface area (Å²) in [5.74, 6) is 0.556. The molecular weight excluding hydrogens is 260 g/mol. The maximum absolute atomic E-state index is 11.9. The molecule has 0 aliphatic heterocycles. The third-order valence-electron chi connectivity index (χ3n) is 2.71. The number of methoxy groups -OCH3 is 1. The second-order valence-electron chi connectivity index (χ2n) is 4.09. The Labute approximate surface area is 116 Å². The number of rotatable bonds is 5. The van der Waals surface area contributed by atoms with Crippen LogP contribution in [0, 0.1) is 0 Å². The molecule has 5 heteroatoms.